The molecular formula is C22H22N2O3S. The summed E-state index contributed by atoms with van der Waals surface area (Å²) in [6, 6.07) is 11.4. The van der Waals surface area contributed by atoms with E-state index in [1.54, 1.807) is 30.2 Å². The van der Waals surface area contributed by atoms with Gasteiger partial charge in [0.1, 0.15) is 12.3 Å². The van der Waals surface area contributed by atoms with E-state index >= 15 is 0 Å². The van der Waals surface area contributed by atoms with Gasteiger partial charge >= 0.3 is 0 Å². The molecule has 0 bridgehead atoms. The van der Waals surface area contributed by atoms with Crippen LogP contribution in [-0.2, 0) is 4.79 Å². The molecule has 2 aromatic rings. The van der Waals surface area contributed by atoms with Crippen molar-refractivity contribution in [1.29, 1.82) is 0 Å². The molecule has 0 spiro atoms. The Bertz CT molecular complexity index is 961. The summed E-state index contributed by atoms with van der Waals surface area (Å²) >= 11 is 5.43. The molecule has 0 atom stereocenters. The highest BCUT2D eigenvalue weighted by Gasteiger charge is 2.33. The second-order valence-corrected chi connectivity index (χ2v) is 6.77. The second-order valence-electron chi connectivity index (χ2n) is 6.38. The SMILES string of the molecule is C=CCOc1ccc(/C=C2\NC(=S)N(c3c(C)cccc3C)C2=O)cc1OC. The van der Waals surface area contributed by atoms with E-state index in [0.29, 0.717) is 28.9 Å². The molecule has 28 heavy (non-hydrogen) atoms. The Morgan fingerprint density at radius 3 is 2.54 bits per heavy atom. The van der Waals surface area contributed by atoms with Crippen molar-refractivity contribution >= 4 is 35.0 Å². The third-order valence-corrected chi connectivity index (χ3v) is 4.68. The number of benzene rings is 2. The van der Waals surface area contributed by atoms with Crippen LogP contribution in [0.2, 0.25) is 0 Å². The average molecular weight is 394 g/mol. The number of nitrogens with zero attached hydrogens (tertiary/aromatic N) is 1. The number of hydrogen-bond acceptors (Lipinski definition) is 4. The Morgan fingerprint density at radius 1 is 1.18 bits per heavy atom. The summed E-state index contributed by atoms with van der Waals surface area (Å²) in [6.07, 6.45) is 3.42. The number of methoxy groups -OCH3 is 1. The first-order valence-electron chi connectivity index (χ1n) is 8.81. The fraction of sp³-hybridized carbons (Fsp3) is 0.182. The molecule has 5 nitrogen and oxygen atoms in total. The maximum absolute atomic E-state index is 13.0. The molecule has 1 heterocycles. The van der Waals surface area contributed by atoms with Gasteiger partial charge in [0.05, 0.1) is 12.8 Å². The summed E-state index contributed by atoms with van der Waals surface area (Å²) < 4.78 is 11.0. The third-order valence-electron chi connectivity index (χ3n) is 4.40. The number of ether oxygens (including phenoxy) is 2. The number of thiocarbonyl (C=S) groups is 1. The zero-order valence-electron chi connectivity index (χ0n) is 16.1. The molecule has 0 saturated carbocycles. The molecule has 1 fully saturated rings. The minimum atomic E-state index is -0.187. The monoisotopic (exact) mass is 394 g/mol. The largest absolute Gasteiger partial charge is 0.493 e. The number of para-hydroxylation sites is 1. The molecule has 1 amide bonds. The smallest absolute Gasteiger partial charge is 0.281 e. The van der Waals surface area contributed by atoms with E-state index in [0.717, 1.165) is 22.4 Å². The molecule has 6 heteroatoms. The maximum Gasteiger partial charge on any atom is 0.281 e. The topological polar surface area (TPSA) is 50.8 Å². The Hall–Kier alpha value is -3.12. The van der Waals surface area contributed by atoms with Crippen LogP contribution in [0.25, 0.3) is 6.08 Å². The number of carbonyl (C=O) groups excluding carboxylic acids is 1. The van der Waals surface area contributed by atoms with Crippen LogP contribution >= 0.6 is 12.2 Å². The quantitative estimate of drug-likeness (QED) is 0.453. The fourth-order valence-corrected chi connectivity index (χ4v) is 3.39. The Balaban J connectivity index is 1.93. The molecular weight excluding hydrogens is 372 g/mol. The van der Waals surface area contributed by atoms with E-state index < -0.39 is 0 Å². The summed E-state index contributed by atoms with van der Waals surface area (Å²) in [7, 11) is 1.57. The van der Waals surface area contributed by atoms with Gasteiger partial charge in [-0.15, -0.1) is 0 Å². The Morgan fingerprint density at radius 2 is 1.89 bits per heavy atom. The number of anilines is 1. The molecule has 1 saturated heterocycles. The average Bonchev–Trinajstić information content (AvgIpc) is 2.94. The van der Waals surface area contributed by atoms with Gasteiger partial charge < -0.3 is 14.8 Å². The Kier molecular flexibility index (Phi) is 5.80. The molecule has 0 unspecified atom stereocenters. The van der Waals surface area contributed by atoms with Crippen LogP contribution in [0.5, 0.6) is 11.5 Å². The van der Waals surface area contributed by atoms with Gasteiger partial charge in [-0.05, 0) is 61.0 Å². The number of aryl methyl sites for hydroxylation is 2. The van der Waals surface area contributed by atoms with Crippen LogP contribution < -0.4 is 19.7 Å². The predicted molar refractivity (Wildman–Crippen MR) is 116 cm³/mol. The first kappa shape index (κ1) is 19.6. The van der Waals surface area contributed by atoms with E-state index in [4.69, 9.17) is 21.7 Å². The lowest BCUT2D eigenvalue weighted by molar-refractivity contribution is -0.113. The van der Waals surface area contributed by atoms with E-state index in [9.17, 15) is 4.79 Å². The van der Waals surface area contributed by atoms with Gasteiger partial charge in [0.25, 0.3) is 5.91 Å². The zero-order valence-corrected chi connectivity index (χ0v) is 16.9. The molecule has 2 aromatic carbocycles. The molecule has 0 aliphatic carbocycles. The summed E-state index contributed by atoms with van der Waals surface area (Å²) in [5, 5.41) is 3.39. The molecule has 3 rings (SSSR count). The van der Waals surface area contributed by atoms with E-state index in [-0.39, 0.29) is 5.91 Å². The number of carbonyl (C=O) groups is 1. The van der Waals surface area contributed by atoms with Crippen molar-refractivity contribution in [2.24, 2.45) is 0 Å². The fourth-order valence-electron chi connectivity index (χ4n) is 3.11. The summed E-state index contributed by atoms with van der Waals surface area (Å²) in [5.74, 6) is 1.01. The number of nitrogens with one attached hydrogen (secondary N) is 1. The van der Waals surface area contributed by atoms with Gasteiger partial charge in [-0.1, -0.05) is 36.9 Å². The molecule has 144 valence electrons. The predicted octanol–water partition coefficient (Wildman–Crippen LogP) is 4.14. The van der Waals surface area contributed by atoms with Crippen LogP contribution in [0, 0.1) is 13.8 Å². The van der Waals surface area contributed by atoms with Crippen molar-refractivity contribution < 1.29 is 14.3 Å². The van der Waals surface area contributed by atoms with Gasteiger partial charge in [-0.3, -0.25) is 9.69 Å². The number of amides is 1. The summed E-state index contributed by atoms with van der Waals surface area (Å²) in [5.41, 5.74) is 4.01. The lowest BCUT2D eigenvalue weighted by atomic mass is 10.1. The van der Waals surface area contributed by atoms with Crippen molar-refractivity contribution in [2.75, 3.05) is 18.6 Å². The minimum absolute atomic E-state index is 0.187. The number of rotatable bonds is 6. The van der Waals surface area contributed by atoms with Crippen LogP contribution in [0.15, 0.2) is 54.8 Å². The molecule has 0 radical (unpaired) electrons. The highest BCUT2D eigenvalue weighted by molar-refractivity contribution is 7.80. The molecule has 1 aliphatic rings. The highest BCUT2D eigenvalue weighted by Crippen LogP contribution is 2.31. The van der Waals surface area contributed by atoms with Gasteiger partial charge in [0.15, 0.2) is 16.6 Å². The maximum atomic E-state index is 13.0. The van der Waals surface area contributed by atoms with Gasteiger partial charge in [0.2, 0.25) is 0 Å². The minimum Gasteiger partial charge on any atom is -0.493 e. The van der Waals surface area contributed by atoms with Gasteiger partial charge in [-0.25, -0.2) is 0 Å². The standard InChI is InChI=1S/C22H22N2O3S/c1-5-11-27-18-10-9-16(13-19(18)26-4)12-17-21(25)24(22(28)23-17)20-14(2)7-6-8-15(20)3/h5-10,12-13H,1,11H2,2-4H3,(H,23,28)/b17-12-. The second kappa shape index (κ2) is 8.27. The zero-order chi connectivity index (χ0) is 20.3. The van der Waals surface area contributed by atoms with Crippen molar-refractivity contribution in [3.63, 3.8) is 0 Å². The lowest BCUT2D eigenvalue weighted by Gasteiger charge is -2.19. The highest BCUT2D eigenvalue weighted by atomic mass is 32.1. The van der Waals surface area contributed by atoms with E-state index in [1.807, 2.05) is 44.2 Å². The first-order chi connectivity index (χ1) is 13.5. The van der Waals surface area contributed by atoms with E-state index in [1.165, 1.54) is 0 Å². The van der Waals surface area contributed by atoms with Crippen LogP contribution in [0.4, 0.5) is 5.69 Å². The van der Waals surface area contributed by atoms with Crippen molar-refractivity contribution in [1.82, 2.24) is 5.32 Å². The molecule has 0 aromatic heterocycles. The van der Waals surface area contributed by atoms with Crippen LogP contribution in [0.3, 0.4) is 0 Å². The normalized spacial score (nSPS) is 15.0. The van der Waals surface area contributed by atoms with E-state index in [2.05, 4.69) is 11.9 Å². The van der Waals surface area contributed by atoms with Crippen molar-refractivity contribution in [3.05, 3.63) is 71.4 Å². The van der Waals surface area contributed by atoms with Gasteiger partial charge in [-0.2, -0.15) is 0 Å². The Labute approximate surface area is 170 Å². The van der Waals surface area contributed by atoms with Crippen LogP contribution in [-0.4, -0.2) is 24.7 Å². The lowest BCUT2D eigenvalue weighted by Crippen LogP contribution is -2.31. The van der Waals surface area contributed by atoms with Crippen molar-refractivity contribution in [3.8, 4) is 11.5 Å². The molecule has 1 N–H and O–H groups in total. The third kappa shape index (κ3) is 3.77. The first-order valence-corrected chi connectivity index (χ1v) is 9.22. The molecule has 1 aliphatic heterocycles. The summed E-state index contributed by atoms with van der Waals surface area (Å²) in [4.78, 5) is 14.6. The van der Waals surface area contributed by atoms with Crippen LogP contribution in [0.1, 0.15) is 16.7 Å². The summed E-state index contributed by atoms with van der Waals surface area (Å²) in [6.45, 7) is 7.95. The van der Waals surface area contributed by atoms with Crippen molar-refractivity contribution in [2.45, 2.75) is 13.8 Å². The van der Waals surface area contributed by atoms with Gasteiger partial charge in [0, 0.05) is 0 Å². The number of hydrogen-bond donors (Lipinski definition) is 1.